The van der Waals surface area contributed by atoms with Gasteiger partial charge < -0.3 is 4.74 Å². The molecule has 1 aromatic heterocycles. The number of methoxy groups -OCH3 is 1. The molecule has 0 spiro atoms. The molecule has 0 aliphatic rings. The lowest BCUT2D eigenvalue weighted by Gasteiger charge is -2.06. The van der Waals surface area contributed by atoms with Crippen molar-refractivity contribution in [1.29, 1.82) is 0 Å². The first-order valence-corrected chi connectivity index (χ1v) is 7.60. The minimum Gasteiger partial charge on any atom is -0.494 e. The van der Waals surface area contributed by atoms with Crippen LogP contribution in [0, 0.1) is 5.82 Å². The Kier molecular flexibility index (Phi) is 4.89. The average Bonchev–Trinajstić information content (AvgIpc) is 3.09. The van der Waals surface area contributed by atoms with Crippen LogP contribution in [0.1, 0.15) is 15.9 Å². The summed E-state index contributed by atoms with van der Waals surface area (Å²) in [5, 5.41) is 11.2. The third-order valence-electron chi connectivity index (χ3n) is 3.66. The van der Waals surface area contributed by atoms with Crippen molar-refractivity contribution in [2.75, 3.05) is 7.11 Å². The summed E-state index contributed by atoms with van der Waals surface area (Å²) in [5.41, 5.74) is -0.661. The number of carbonyl (C=O) groups excluding carboxylic acids is 1. The zero-order chi connectivity index (χ0) is 19.6. The smallest absolute Gasteiger partial charge is 0.416 e. The minimum atomic E-state index is -4.50. The highest BCUT2D eigenvalue weighted by molar-refractivity contribution is 5.95. The summed E-state index contributed by atoms with van der Waals surface area (Å²) in [6, 6.07) is 8.16. The van der Waals surface area contributed by atoms with Gasteiger partial charge in [-0.25, -0.2) is 4.39 Å². The standard InChI is InChI=1S/C17H12F4N4O2/c1-27-15-6-5-10(8-13(15)18)14(26)9-25-23-16(22-24-25)11-3-2-4-12(7-11)17(19,20)21/h2-8H,9H2,1H3. The summed E-state index contributed by atoms with van der Waals surface area (Å²) in [4.78, 5) is 13.1. The number of nitrogens with zero attached hydrogens (tertiary/aromatic N) is 4. The zero-order valence-corrected chi connectivity index (χ0v) is 13.9. The van der Waals surface area contributed by atoms with Gasteiger partial charge in [0, 0.05) is 11.1 Å². The first-order chi connectivity index (χ1) is 12.8. The number of benzene rings is 2. The van der Waals surface area contributed by atoms with E-state index in [9.17, 15) is 22.4 Å². The summed E-state index contributed by atoms with van der Waals surface area (Å²) in [6.07, 6.45) is -4.50. The highest BCUT2D eigenvalue weighted by Gasteiger charge is 2.30. The van der Waals surface area contributed by atoms with Gasteiger partial charge in [0.25, 0.3) is 0 Å². The van der Waals surface area contributed by atoms with Gasteiger partial charge in [-0.3, -0.25) is 4.79 Å². The third-order valence-corrected chi connectivity index (χ3v) is 3.66. The van der Waals surface area contributed by atoms with E-state index in [0.717, 1.165) is 23.0 Å². The van der Waals surface area contributed by atoms with Crippen LogP contribution in [0.4, 0.5) is 17.6 Å². The molecule has 0 saturated carbocycles. The Balaban J connectivity index is 1.78. The van der Waals surface area contributed by atoms with Crippen molar-refractivity contribution in [2.24, 2.45) is 0 Å². The molecule has 2 aromatic carbocycles. The second-order valence-electron chi connectivity index (χ2n) is 5.49. The van der Waals surface area contributed by atoms with Crippen LogP contribution in [-0.2, 0) is 12.7 Å². The summed E-state index contributed by atoms with van der Waals surface area (Å²) < 4.78 is 56.8. The fourth-order valence-electron chi connectivity index (χ4n) is 2.32. The number of ketones is 1. The van der Waals surface area contributed by atoms with Crippen molar-refractivity contribution in [3.8, 4) is 17.1 Å². The van der Waals surface area contributed by atoms with Crippen LogP contribution in [0.25, 0.3) is 11.4 Å². The van der Waals surface area contributed by atoms with Crippen molar-refractivity contribution in [1.82, 2.24) is 20.2 Å². The maximum atomic E-state index is 13.7. The Hall–Kier alpha value is -3.30. The van der Waals surface area contributed by atoms with E-state index in [4.69, 9.17) is 4.74 Å². The number of hydrogen-bond donors (Lipinski definition) is 0. The molecule has 0 radical (unpaired) electrons. The Morgan fingerprint density at radius 2 is 1.96 bits per heavy atom. The molecule has 0 saturated heterocycles. The molecule has 3 rings (SSSR count). The first-order valence-electron chi connectivity index (χ1n) is 7.60. The van der Waals surface area contributed by atoms with Crippen molar-refractivity contribution in [2.45, 2.75) is 12.7 Å². The van der Waals surface area contributed by atoms with Crippen LogP contribution in [-0.4, -0.2) is 33.1 Å². The maximum Gasteiger partial charge on any atom is 0.416 e. The van der Waals surface area contributed by atoms with E-state index in [1.165, 1.54) is 31.4 Å². The van der Waals surface area contributed by atoms with Gasteiger partial charge in [0.2, 0.25) is 5.82 Å². The molecule has 3 aromatic rings. The first kappa shape index (κ1) is 18.5. The normalized spacial score (nSPS) is 11.4. The van der Waals surface area contributed by atoms with Crippen LogP contribution < -0.4 is 4.74 Å². The SMILES string of the molecule is COc1ccc(C(=O)Cn2nnc(-c3cccc(C(F)(F)F)c3)n2)cc1F. The molecule has 1 heterocycles. The second kappa shape index (κ2) is 7.14. The number of carbonyl (C=O) groups is 1. The topological polar surface area (TPSA) is 69.9 Å². The van der Waals surface area contributed by atoms with Crippen LogP contribution in [0.15, 0.2) is 42.5 Å². The van der Waals surface area contributed by atoms with Crippen molar-refractivity contribution in [3.05, 3.63) is 59.4 Å². The van der Waals surface area contributed by atoms with Crippen molar-refractivity contribution >= 4 is 5.78 Å². The lowest BCUT2D eigenvalue weighted by molar-refractivity contribution is -0.137. The van der Waals surface area contributed by atoms with Crippen molar-refractivity contribution in [3.63, 3.8) is 0 Å². The van der Waals surface area contributed by atoms with E-state index in [-0.39, 0.29) is 29.2 Å². The number of ether oxygens (including phenoxy) is 1. The maximum absolute atomic E-state index is 13.7. The Morgan fingerprint density at radius 3 is 2.63 bits per heavy atom. The number of alkyl halides is 3. The van der Waals surface area contributed by atoms with Crippen LogP contribution >= 0.6 is 0 Å². The molecule has 140 valence electrons. The summed E-state index contributed by atoms with van der Waals surface area (Å²) in [5.74, 6) is -1.25. The van der Waals surface area contributed by atoms with E-state index < -0.39 is 23.3 Å². The molecular formula is C17H12F4N4O2. The van der Waals surface area contributed by atoms with Crippen LogP contribution in [0.2, 0.25) is 0 Å². The largest absolute Gasteiger partial charge is 0.494 e. The van der Waals surface area contributed by atoms with Gasteiger partial charge in [0.05, 0.1) is 12.7 Å². The molecule has 0 unspecified atom stereocenters. The molecule has 0 atom stereocenters. The van der Waals surface area contributed by atoms with Gasteiger partial charge in [-0.1, -0.05) is 12.1 Å². The van der Waals surface area contributed by atoms with E-state index in [1.807, 2.05) is 0 Å². The number of rotatable bonds is 5. The fourth-order valence-corrected chi connectivity index (χ4v) is 2.32. The monoisotopic (exact) mass is 380 g/mol. The number of aromatic nitrogens is 4. The van der Waals surface area contributed by atoms with Crippen LogP contribution in [0.5, 0.6) is 5.75 Å². The summed E-state index contributed by atoms with van der Waals surface area (Å²) in [7, 11) is 1.30. The number of hydrogen-bond acceptors (Lipinski definition) is 5. The lowest BCUT2D eigenvalue weighted by Crippen LogP contribution is -2.13. The summed E-state index contributed by atoms with van der Waals surface area (Å²) >= 11 is 0. The molecule has 0 amide bonds. The minimum absolute atomic E-state index is 0.00253. The second-order valence-corrected chi connectivity index (χ2v) is 5.49. The number of halogens is 4. The number of Topliss-reactive ketones (excluding diaryl/α,β-unsaturated/α-hetero) is 1. The van der Waals surface area contributed by atoms with Gasteiger partial charge in [-0.15, -0.1) is 10.2 Å². The predicted octanol–water partition coefficient (Wildman–Crippen LogP) is 3.39. The highest BCUT2D eigenvalue weighted by Crippen LogP contribution is 2.31. The third kappa shape index (κ3) is 4.10. The molecule has 27 heavy (non-hydrogen) atoms. The average molecular weight is 380 g/mol. The van der Waals surface area contributed by atoms with E-state index >= 15 is 0 Å². The zero-order valence-electron chi connectivity index (χ0n) is 13.9. The van der Waals surface area contributed by atoms with Gasteiger partial charge in [0.15, 0.2) is 17.3 Å². The summed E-state index contributed by atoms with van der Waals surface area (Å²) in [6.45, 7) is -0.349. The predicted molar refractivity (Wildman–Crippen MR) is 85.5 cm³/mol. The molecule has 0 N–H and O–H groups in total. The molecule has 0 bridgehead atoms. The van der Waals surface area contributed by atoms with E-state index in [2.05, 4.69) is 15.4 Å². The molecule has 10 heteroatoms. The van der Waals surface area contributed by atoms with Gasteiger partial charge >= 0.3 is 6.18 Å². The van der Waals surface area contributed by atoms with Crippen LogP contribution in [0.3, 0.4) is 0 Å². The molecule has 6 nitrogen and oxygen atoms in total. The van der Waals surface area contributed by atoms with Gasteiger partial charge in [0.1, 0.15) is 6.54 Å². The van der Waals surface area contributed by atoms with E-state index in [1.54, 1.807) is 0 Å². The van der Waals surface area contributed by atoms with Gasteiger partial charge in [-0.2, -0.15) is 18.0 Å². The quantitative estimate of drug-likeness (QED) is 0.501. The molecule has 0 aliphatic carbocycles. The van der Waals surface area contributed by atoms with Crippen molar-refractivity contribution < 1.29 is 27.1 Å². The molecule has 0 aliphatic heterocycles. The Labute approximate surface area is 150 Å². The highest BCUT2D eigenvalue weighted by atomic mass is 19.4. The Morgan fingerprint density at radius 1 is 1.19 bits per heavy atom. The Bertz CT molecular complexity index is 985. The molecule has 0 fully saturated rings. The fraction of sp³-hybridized carbons (Fsp3) is 0.176. The number of tetrazole rings is 1. The molecular weight excluding hydrogens is 368 g/mol. The lowest BCUT2D eigenvalue weighted by atomic mass is 10.1. The van der Waals surface area contributed by atoms with Gasteiger partial charge in [-0.05, 0) is 35.5 Å². The van der Waals surface area contributed by atoms with E-state index in [0.29, 0.717) is 0 Å².